The molecule has 0 unspecified atom stereocenters. The van der Waals surface area contributed by atoms with Crippen molar-refractivity contribution in [2.75, 3.05) is 49.1 Å². The number of aromatic nitrogens is 4. The summed E-state index contributed by atoms with van der Waals surface area (Å²) in [6, 6.07) is 5.83. The number of carbonyl (C=O) groups is 1. The van der Waals surface area contributed by atoms with Crippen LogP contribution in [0.1, 0.15) is 5.69 Å². The van der Waals surface area contributed by atoms with E-state index < -0.39 is 0 Å². The first kappa shape index (κ1) is 19.1. The number of halogens is 1. The van der Waals surface area contributed by atoms with E-state index >= 15 is 0 Å². The molecule has 2 aliphatic heterocycles. The summed E-state index contributed by atoms with van der Waals surface area (Å²) in [6.07, 6.45) is 5.39. The highest BCUT2D eigenvalue weighted by atomic mass is 35.5. The minimum Gasteiger partial charge on any atom is -0.353 e. The fraction of sp³-hybridized carbons (Fsp3) is 0.400. The average Bonchev–Trinajstić information content (AvgIpc) is 3.16. The van der Waals surface area contributed by atoms with E-state index in [4.69, 9.17) is 11.6 Å². The van der Waals surface area contributed by atoms with E-state index in [1.54, 1.807) is 12.4 Å². The van der Waals surface area contributed by atoms with Crippen LogP contribution in [-0.4, -0.2) is 64.5 Å². The molecule has 2 N–H and O–H groups in total. The molecule has 0 radical (unpaired) electrons. The number of piperazine rings is 1. The predicted molar refractivity (Wildman–Crippen MR) is 115 cm³/mol. The maximum absolute atomic E-state index is 12.6. The van der Waals surface area contributed by atoms with Crippen LogP contribution in [0.25, 0.3) is 5.65 Å². The molecule has 0 saturated carbocycles. The van der Waals surface area contributed by atoms with E-state index in [1.807, 2.05) is 33.7 Å². The SMILES string of the molecule is O=C(NCc1cnc2ccccn12)C1CN(c2nc(N3CCNCC3)ncc2Cl)C1. The standard InChI is InChI=1S/C20H23ClN8O/c21-16-11-25-20(27-7-4-22-5-8-27)26-18(16)28-12-14(13-28)19(30)24-10-15-9-23-17-3-1-2-6-29(15)17/h1-3,6,9,11,14,22H,4-5,7-8,10,12-13H2,(H,24,30). The van der Waals surface area contributed by atoms with Gasteiger partial charge in [0.1, 0.15) is 10.7 Å². The Labute approximate surface area is 179 Å². The van der Waals surface area contributed by atoms with Crippen LogP contribution in [-0.2, 0) is 11.3 Å². The lowest BCUT2D eigenvalue weighted by Gasteiger charge is -2.39. The number of fused-ring (bicyclic) bond motifs is 1. The quantitative estimate of drug-likeness (QED) is 0.627. The Hall–Kier alpha value is -2.91. The first-order valence-electron chi connectivity index (χ1n) is 10.1. The molecule has 2 fully saturated rings. The summed E-state index contributed by atoms with van der Waals surface area (Å²) in [6.45, 7) is 5.21. The second-order valence-corrected chi connectivity index (χ2v) is 7.98. The monoisotopic (exact) mass is 426 g/mol. The van der Waals surface area contributed by atoms with Crippen LogP contribution in [0.4, 0.5) is 11.8 Å². The molecule has 2 aliphatic rings. The highest BCUT2D eigenvalue weighted by Crippen LogP contribution is 2.30. The molecule has 10 heteroatoms. The molecule has 1 amide bonds. The molecule has 9 nitrogen and oxygen atoms in total. The van der Waals surface area contributed by atoms with Gasteiger partial charge >= 0.3 is 0 Å². The summed E-state index contributed by atoms with van der Waals surface area (Å²) < 4.78 is 1.98. The van der Waals surface area contributed by atoms with Crippen molar-refractivity contribution in [3.63, 3.8) is 0 Å². The smallest absolute Gasteiger partial charge is 0.227 e. The van der Waals surface area contributed by atoms with Gasteiger partial charge < -0.3 is 24.8 Å². The van der Waals surface area contributed by atoms with Crippen molar-refractivity contribution in [3.05, 3.63) is 47.5 Å². The number of amides is 1. The lowest BCUT2D eigenvalue weighted by Crippen LogP contribution is -2.54. The molecule has 0 bridgehead atoms. The predicted octanol–water partition coefficient (Wildman–Crippen LogP) is 0.940. The van der Waals surface area contributed by atoms with E-state index in [9.17, 15) is 4.79 Å². The maximum atomic E-state index is 12.6. The third-order valence-corrected chi connectivity index (χ3v) is 5.87. The number of imidazole rings is 1. The summed E-state index contributed by atoms with van der Waals surface area (Å²) in [4.78, 5) is 30.2. The van der Waals surface area contributed by atoms with Crippen molar-refractivity contribution >= 4 is 34.9 Å². The fourth-order valence-electron chi connectivity index (χ4n) is 3.84. The molecule has 30 heavy (non-hydrogen) atoms. The van der Waals surface area contributed by atoms with Crippen LogP contribution in [0.5, 0.6) is 0 Å². The van der Waals surface area contributed by atoms with Gasteiger partial charge in [0.05, 0.1) is 30.6 Å². The van der Waals surface area contributed by atoms with Crippen LogP contribution >= 0.6 is 11.6 Å². The van der Waals surface area contributed by atoms with Gasteiger partial charge in [-0.25, -0.2) is 9.97 Å². The van der Waals surface area contributed by atoms with Crippen molar-refractivity contribution in [1.29, 1.82) is 0 Å². The third kappa shape index (κ3) is 3.66. The minimum atomic E-state index is -0.0853. The van der Waals surface area contributed by atoms with Gasteiger partial charge in [-0.2, -0.15) is 4.98 Å². The number of hydrogen-bond donors (Lipinski definition) is 2. The molecule has 3 aromatic rings. The third-order valence-electron chi connectivity index (χ3n) is 5.60. The topological polar surface area (TPSA) is 90.7 Å². The van der Waals surface area contributed by atoms with Gasteiger partial charge in [-0.1, -0.05) is 17.7 Å². The lowest BCUT2D eigenvalue weighted by molar-refractivity contribution is -0.125. The lowest BCUT2D eigenvalue weighted by atomic mass is 9.99. The van der Waals surface area contributed by atoms with E-state index in [0.717, 1.165) is 37.5 Å². The highest BCUT2D eigenvalue weighted by molar-refractivity contribution is 6.32. The number of hydrogen-bond acceptors (Lipinski definition) is 7. The Kier molecular flexibility index (Phi) is 5.14. The normalized spacial score (nSPS) is 17.2. The Bertz CT molecular complexity index is 1060. The summed E-state index contributed by atoms with van der Waals surface area (Å²) in [5.74, 6) is 1.34. The summed E-state index contributed by atoms with van der Waals surface area (Å²) in [5, 5.41) is 6.86. The zero-order valence-electron chi connectivity index (χ0n) is 16.5. The average molecular weight is 427 g/mol. The molecule has 0 atom stereocenters. The number of nitrogens with one attached hydrogen (secondary N) is 2. The molecule has 3 aromatic heterocycles. The van der Waals surface area contributed by atoms with Crippen LogP contribution < -0.4 is 20.4 Å². The van der Waals surface area contributed by atoms with Crippen molar-refractivity contribution in [1.82, 2.24) is 30.0 Å². The number of rotatable bonds is 5. The zero-order chi connectivity index (χ0) is 20.5. The van der Waals surface area contributed by atoms with Crippen molar-refractivity contribution < 1.29 is 4.79 Å². The van der Waals surface area contributed by atoms with E-state index in [0.29, 0.717) is 36.4 Å². The Balaban J connectivity index is 1.19. The maximum Gasteiger partial charge on any atom is 0.227 e. The summed E-state index contributed by atoms with van der Waals surface area (Å²) in [5.41, 5.74) is 1.82. The summed E-state index contributed by atoms with van der Waals surface area (Å²) >= 11 is 6.35. The molecule has 156 valence electrons. The van der Waals surface area contributed by atoms with Gasteiger partial charge in [-0.15, -0.1) is 0 Å². The van der Waals surface area contributed by atoms with Crippen LogP contribution in [0.15, 0.2) is 36.8 Å². The first-order valence-corrected chi connectivity index (χ1v) is 10.5. The number of anilines is 2. The second-order valence-electron chi connectivity index (χ2n) is 7.58. The van der Waals surface area contributed by atoms with Gasteiger partial charge in [0.2, 0.25) is 11.9 Å². The van der Waals surface area contributed by atoms with E-state index in [-0.39, 0.29) is 11.8 Å². The number of carbonyl (C=O) groups excluding carboxylic acids is 1. The van der Waals surface area contributed by atoms with E-state index in [1.165, 1.54) is 0 Å². The number of pyridine rings is 1. The Morgan fingerprint density at radius 3 is 2.83 bits per heavy atom. The zero-order valence-corrected chi connectivity index (χ0v) is 17.2. The largest absolute Gasteiger partial charge is 0.353 e. The Morgan fingerprint density at radius 2 is 2.00 bits per heavy atom. The van der Waals surface area contributed by atoms with Crippen molar-refractivity contribution in [2.45, 2.75) is 6.54 Å². The second kappa shape index (κ2) is 8.08. The minimum absolute atomic E-state index is 0.0321. The van der Waals surface area contributed by atoms with Gasteiger partial charge in [0.15, 0.2) is 5.82 Å². The van der Waals surface area contributed by atoms with Gasteiger partial charge in [-0.05, 0) is 12.1 Å². The molecule has 0 aliphatic carbocycles. The molecule has 5 heterocycles. The van der Waals surface area contributed by atoms with Crippen LogP contribution in [0, 0.1) is 5.92 Å². The van der Waals surface area contributed by atoms with Crippen molar-refractivity contribution in [2.24, 2.45) is 5.92 Å². The van der Waals surface area contributed by atoms with Gasteiger partial charge in [-0.3, -0.25) is 4.79 Å². The van der Waals surface area contributed by atoms with Gasteiger partial charge in [0.25, 0.3) is 0 Å². The Morgan fingerprint density at radius 1 is 1.17 bits per heavy atom. The number of nitrogens with zero attached hydrogens (tertiary/aromatic N) is 6. The first-order chi connectivity index (χ1) is 14.7. The van der Waals surface area contributed by atoms with Gasteiger partial charge in [0, 0.05) is 45.5 Å². The molecular weight excluding hydrogens is 404 g/mol. The molecular formula is C20H23ClN8O. The molecule has 0 aromatic carbocycles. The highest BCUT2D eigenvalue weighted by Gasteiger charge is 2.35. The summed E-state index contributed by atoms with van der Waals surface area (Å²) in [7, 11) is 0. The molecule has 2 saturated heterocycles. The van der Waals surface area contributed by atoms with Crippen LogP contribution in [0.3, 0.4) is 0 Å². The molecule has 5 rings (SSSR count). The molecule has 0 spiro atoms. The van der Waals surface area contributed by atoms with Crippen molar-refractivity contribution in [3.8, 4) is 0 Å². The fourth-order valence-corrected chi connectivity index (χ4v) is 4.05. The van der Waals surface area contributed by atoms with Crippen LogP contribution in [0.2, 0.25) is 5.02 Å². The van der Waals surface area contributed by atoms with E-state index in [2.05, 4.69) is 30.5 Å².